The summed E-state index contributed by atoms with van der Waals surface area (Å²) in [5.41, 5.74) is 1.50. The zero-order chi connectivity index (χ0) is 22.2. The molecule has 8 nitrogen and oxygen atoms in total. The first-order valence-corrected chi connectivity index (χ1v) is 10.3. The molecular weight excluding hydrogens is 417 g/mol. The zero-order valence-electron chi connectivity index (χ0n) is 17.0. The van der Waals surface area contributed by atoms with Gasteiger partial charge in [-0.05, 0) is 29.8 Å². The third kappa shape index (κ3) is 3.60. The lowest BCUT2D eigenvalue weighted by molar-refractivity contribution is -0.123. The second-order valence-corrected chi connectivity index (χ2v) is 7.73. The normalized spacial score (nSPS) is 18.2. The van der Waals surface area contributed by atoms with Gasteiger partial charge < -0.3 is 24.7 Å². The highest BCUT2D eigenvalue weighted by Gasteiger charge is 2.33. The smallest absolute Gasteiger partial charge is 0.291 e. The second-order valence-electron chi connectivity index (χ2n) is 7.73. The summed E-state index contributed by atoms with van der Waals surface area (Å²) in [5.74, 6) is -2.52. The number of anilines is 2. The lowest BCUT2D eigenvalue weighted by Gasteiger charge is -2.27. The molecule has 3 amide bonds. The van der Waals surface area contributed by atoms with Gasteiger partial charge in [0.2, 0.25) is 17.6 Å². The van der Waals surface area contributed by atoms with Crippen LogP contribution >= 0.6 is 0 Å². The van der Waals surface area contributed by atoms with Gasteiger partial charge in [-0.1, -0.05) is 18.2 Å². The summed E-state index contributed by atoms with van der Waals surface area (Å²) in [6, 6.07) is 10.9. The van der Waals surface area contributed by atoms with Crippen molar-refractivity contribution < 1.29 is 27.9 Å². The van der Waals surface area contributed by atoms with Crippen molar-refractivity contribution in [3.05, 3.63) is 59.6 Å². The van der Waals surface area contributed by atoms with Gasteiger partial charge in [-0.2, -0.15) is 0 Å². The number of amides is 3. The van der Waals surface area contributed by atoms with Gasteiger partial charge in [0.15, 0.2) is 0 Å². The molecule has 2 aliphatic rings. The van der Waals surface area contributed by atoms with Crippen molar-refractivity contribution in [1.29, 1.82) is 0 Å². The maximum absolute atomic E-state index is 13.6. The van der Waals surface area contributed by atoms with Gasteiger partial charge in [0.25, 0.3) is 5.91 Å². The fourth-order valence-corrected chi connectivity index (χ4v) is 4.11. The van der Waals surface area contributed by atoms with Gasteiger partial charge in [-0.15, -0.1) is 0 Å². The Labute approximate surface area is 182 Å². The Hall–Kier alpha value is -3.72. The van der Waals surface area contributed by atoms with E-state index >= 15 is 0 Å². The van der Waals surface area contributed by atoms with Crippen molar-refractivity contribution in [2.75, 3.05) is 36.9 Å². The number of morpholine rings is 1. The minimum absolute atomic E-state index is 0.0287. The summed E-state index contributed by atoms with van der Waals surface area (Å²) < 4.78 is 24.8. The Kier molecular flexibility index (Phi) is 5.10. The SMILES string of the molecule is O=C1C[C@@H](C(=O)Nc2c(C(=O)N3CCOCC3)oc3ccccc23)c2ccc(F)cc2N1. The van der Waals surface area contributed by atoms with Gasteiger partial charge in [0.1, 0.15) is 17.1 Å². The third-order valence-electron chi connectivity index (χ3n) is 5.71. The number of carbonyl (C=O) groups excluding carboxylic acids is 3. The lowest BCUT2D eigenvalue weighted by Crippen LogP contribution is -2.41. The molecule has 1 fully saturated rings. The van der Waals surface area contributed by atoms with E-state index in [2.05, 4.69) is 10.6 Å². The number of nitrogens with zero attached hydrogens (tertiary/aromatic N) is 1. The first-order valence-electron chi connectivity index (χ1n) is 10.3. The summed E-state index contributed by atoms with van der Waals surface area (Å²) in [6.45, 7) is 1.70. The highest BCUT2D eigenvalue weighted by atomic mass is 19.1. The molecule has 0 bridgehead atoms. The van der Waals surface area contributed by atoms with Crippen molar-refractivity contribution in [2.45, 2.75) is 12.3 Å². The number of carbonyl (C=O) groups is 3. The topological polar surface area (TPSA) is 101 Å². The van der Waals surface area contributed by atoms with Gasteiger partial charge in [0.05, 0.1) is 19.1 Å². The number of ether oxygens (including phenoxy) is 1. The quantitative estimate of drug-likeness (QED) is 0.656. The summed E-state index contributed by atoms with van der Waals surface area (Å²) >= 11 is 0. The van der Waals surface area contributed by atoms with Crippen LogP contribution < -0.4 is 10.6 Å². The third-order valence-corrected chi connectivity index (χ3v) is 5.71. The van der Waals surface area contributed by atoms with E-state index in [-0.39, 0.29) is 35.4 Å². The lowest BCUT2D eigenvalue weighted by atomic mass is 9.89. The molecule has 0 unspecified atom stereocenters. The fourth-order valence-electron chi connectivity index (χ4n) is 4.11. The molecule has 3 heterocycles. The first kappa shape index (κ1) is 20.2. The van der Waals surface area contributed by atoms with E-state index in [0.717, 1.165) is 0 Å². The maximum atomic E-state index is 13.6. The van der Waals surface area contributed by atoms with Crippen molar-refractivity contribution in [1.82, 2.24) is 4.90 Å². The van der Waals surface area contributed by atoms with Crippen LogP contribution in [0, 0.1) is 5.82 Å². The first-order chi connectivity index (χ1) is 15.5. The number of para-hydroxylation sites is 1. The number of hydrogen-bond acceptors (Lipinski definition) is 5. The average molecular weight is 437 g/mol. The second kappa shape index (κ2) is 8.08. The molecule has 32 heavy (non-hydrogen) atoms. The van der Waals surface area contributed by atoms with Crippen LogP contribution in [0.1, 0.15) is 28.5 Å². The fraction of sp³-hybridized carbons (Fsp3) is 0.261. The number of hydrogen-bond donors (Lipinski definition) is 2. The van der Waals surface area contributed by atoms with E-state index in [0.29, 0.717) is 42.8 Å². The Morgan fingerprint density at radius 2 is 1.91 bits per heavy atom. The maximum Gasteiger partial charge on any atom is 0.291 e. The Bertz CT molecular complexity index is 1230. The predicted molar refractivity (Wildman–Crippen MR) is 114 cm³/mol. The molecule has 2 N–H and O–H groups in total. The van der Waals surface area contributed by atoms with Crippen LogP contribution in [0.15, 0.2) is 46.9 Å². The number of furan rings is 1. The predicted octanol–water partition coefficient (Wildman–Crippen LogP) is 3.11. The number of nitrogens with one attached hydrogen (secondary N) is 2. The highest BCUT2D eigenvalue weighted by molar-refractivity contribution is 6.13. The minimum atomic E-state index is -0.834. The molecule has 0 spiro atoms. The number of halogens is 1. The Morgan fingerprint density at radius 3 is 2.72 bits per heavy atom. The molecule has 3 aromatic rings. The molecule has 1 atom stereocenters. The van der Waals surface area contributed by atoms with Crippen LogP contribution in [0.3, 0.4) is 0 Å². The summed E-state index contributed by atoms with van der Waals surface area (Å²) in [7, 11) is 0. The van der Waals surface area contributed by atoms with Gasteiger partial charge in [-0.25, -0.2) is 4.39 Å². The molecule has 2 aromatic carbocycles. The summed E-state index contributed by atoms with van der Waals surface area (Å²) in [5, 5.41) is 5.99. The van der Waals surface area contributed by atoms with Crippen LogP contribution in [-0.4, -0.2) is 48.9 Å². The molecule has 1 aromatic heterocycles. The van der Waals surface area contributed by atoms with Gasteiger partial charge in [-0.3, -0.25) is 14.4 Å². The van der Waals surface area contributed by atoms with Crippen molar-refractivity contribution >= 4 is 40.1 Å². The van der Waals surface area contributed by atoms with E-state index < -0.39 is 17.6 Å². The van der Waals surface area contributed by atoms with E-state index in [1.165, 1.54) is 18.2 Å². The molecule has 2 aliphatic heterocycles. The molecular formula is C23H20FN3O5. The molecule has 0 saturated carbocycles. The molecule has 5 rings (SSSR count). The Balaban J connectivity index is 1.51. The van der Waals surface area contributed by atoms with Crippen molar-refractivity contribution in [3.8, 4) is 0 Å². The van der Waals surface area contributed by atoms with Gasteiger partial charge >= 0.3 is 0 Å². The summed E-state index contributed by atoms with van der Waals surface area (Å²) in [4.78, 5) is 40.2. The van der Waals surface area contributed by atoms with Crippen LogP contribution in [0.2, 0.25) is 0 Å². The standard InChI is InChI=1S/C23H20FN3O5/c24-13-5-6-14-16(12-19(28)25-17(14)11-13)22(29)26-20-15-3-1-2-4-18(15)32-21(20)23(30)27-7-9-31-10-8-27/h1-6,11,16H,7-10,12H2,(H,25,28)(H,26,29)/t16-/m1/s1. The number of rotatable bonds is 3. The minimum Gasteiger partial charge on any atom is -0.449 e. The van der Waals surface area contributed by atoms with E-state index in [4.69, 9.17) is 9.15 Å². The van der Waals surface area contributed by atoms with Crippen molar-refractivity contribution in [2.24, 2.45) is 0 Å². The van der Waals surface area contributed by atoms with Crippen LogP contribution in [0.25, 0.3) is 11.0 Å². The molecule has 9 heteroatoms. The largest absolute Gasteiger partial charge is 0.449 e. The van der Waals surface area contributed by atoms with Crippen LogP contribution in [0.5, 0.6) is 0 Å². The van der Waals surface area contributed by atoms with Crippen molar-refractivity contribution in [3.63, 3.8) is 0 Å². The van der Waals surface area contributed by atoms with E-state index in [9.17, 15) is 18.8 Å². The number of benzene rings is 2. The van der Waals surface area contributed by atoms with Crippen LogP contribution in [0.4, 0.5) is 15.8 Å². The summed E-state index contributed by atoms with van der Waals surface area (Å²) in [6.07, 6.45) is -0.0903. The molecule has 0 aliphatic carbocycles. The number of fused-ring (bicyclic) bond motifs is 2. The van der Waals surface area contributed by atoms with Crippen LogP contribution in [-0.2, 0) is 14.3 Å². The average Bonchev–Trinajstić information content (AvgIpc) is 3.16. The van der Waals surface area contributed by atoms with Gasteiger partial charge in [0, 0.05) is 30.6 Å². The molecule has 1 saturated heterocycles. The van der Waals surface area contributed by atoms with E-state index in [1.807, 2.05) is 0 Å². The Morgan fingerprint density at radius 1 is 1.12 bits per heavy atom. The zero-order valence-corrected chi connectivity index (χ0v) is 17.0. The highest BCUT2D eigenvalue weighted by Crippen LogP contribution is 2.36. The molecule has 164 valence electrons. The monoisotopic (exact) mass is 437 g/mol. The van der Waals surface area contributed by atoms with E-state index in [1.54, 1.807) is 29.2 Å². The molecule has 0 radical (unpaired) electrons.